The minimum Gasteiger partial charge on any atom is -0.341 e. The van der Waals surface area contributed by atoms with Crippen LogP contribution in [-0.2, 0) is 6.54 Å². The third-order valence-electron chi connectivity index (χ3n) is 3.62. The Morgan fingerprint density at radius 3 is 2.24 bits per heavy atom. The predicted octanol–water partition coefficient (Wildman–Crippen LogP) is 3.69. The number of unbranched alkanes of at least 4 members (excludes halogenated alkanes) is 2. The van der Waals surface area contributed by atoms with Gasteiger partial charge in [-0.3, -0.25) is 0 Å². The lowest BCUT2D eigenvalue weighted by atomic mass is 10.2. The first-order chi connectivity index (χ1) is 10.1. The smallest absolute Gasteiger partial charge is 0.225 e. The van der Waals surface area contributed by atoms with Crippen molar-refractivity contribution in [2.75, 3.05) is 18.0 Å². The van der Waals surface area contributed by atoms with Gasteiger partial charge in [0.1, 0.15) is 0 Å². The minimum atomic E-state index is 0.481. The molecule has 0 aliphatic rings. The second-order valence-corrected chi connectivity index (χ2v) is 6.01. The van der Waals surface area contributed by atoms with Gasteiger partial charge in [0.2, 0.25) is 5.95 Å². The summed E-state index contributed by atoms with van der Waals surface area (Å²) < 4.78 is 0. The molecule has 0 aliphatic heterocycles. The van der Waals surface area contributed by atoms with Crippen LogP contribution in [0.2, 0.25) is 0 Å². The molecule has 0 aliphatic carbocycles. The van der Waals surface area contributed by atoms with Gasteiger partial charge < -0.3 is 10.2 Å². The van der Waals surface area contributed by atoms with Gasteiger partial charge in [0.25, 0.3) is 0 Å². The summed E-state index contributed by atoms with van der Waals surface area (Å²) in [5, 5.41) is 3.43. The number of nitrogens with zero attached hydrogens (tertiary/aromatic N) is 3. The zero-order valence-electron chi connectivity index (χ0n) is 14.4. The van der Waals surface area contributed by atoms with E-state index >= 15 is 0 Å². The molecule has 0 radical (unpaired) electrons. The van der Waals surface area contributed by atoms with Gasteiger partial charge in [-0.15, -0.1) is 0 Å². The highest BCUT2D eigenvalue weighted by atomic mass is 15.2. The molecule has 0 bridgehead atoms. The highest BCUT2D eigenvalue weighted by Crippen LogP contribution is 2.13. The van der Waals surface area contributed by atoms with Crippen molar-refractivity contribution in [1.82, 2.24) is 15.3 Å². The second kappa shape index (κ2) is 9.72. The minimum absolute atomic E-state index is 0.481. The molecular formula is C17H32N4. The molecule has 4 nitrogen and oxygen atoms in total. The molecule has 1 aromatic heterocycles. The van der Waals surface area contributed by atoms with Crippen molar-refractivity contribution in [3.8, 4) is 0 Å². The normalized spacial score (nSPS) is 11.1. The second-order valence-electron chi connectivity index (χ2n) is 6.01. The molecule has 0 atom stereocenters. The van der Waals surface area contributed by atoms with Crippen molar-refractivity contribution in [2.45, 2.75) is 72.9 Å². The Hall–Kier alpha value is -1.16. The summed E-state index contributed by atoms with van der Waals surface area (Å²) in [4.78, 5) is 11.7. The Morgan fingerprint density at radius 2 is 1.76 bits per heavy atom. The first-order valence-corrected chi connectivity index (χ1v) is 8.39. The Bertz CT molecular complexity index is 396. The zero-order valence-corrected chi connectivity index (χ0v) is 14.4. The molecule has 1 heterocycles. The highest BCUT2D eigenvalue weighted by Gasteiger charge is 2.11. The van der Waals surface area contributed by atoms with Gasteiger partial charge in [-0.2, -0.15) is 0 Å². The summed E-state index contributed by atoms with van der Waals surface area (Å²) in [6, 6.07) is 0.481. The van der Waals surface area contributed by atoms with Crippen molar-refractivity contribution < 1.29 is 0 Å². The van der Waals surface area contributed by atoms with Crippen LogP contribution in [0.3, 0.4) is 0 Å². The first-order valence-electron chi connectivity index (χ1n) is 8.39. The fraction of sp³-hybridized carbons (Fsp3) is 0.765. The van der Waals surface area contributed by atoms with Crippen LogP contribution in [0.5, 0.6) is 0 Å². The SMILES string of the molecule is CCCCN(CCCC)c1ncc(CNC(C)C)c(C)n1. The molecule has 1 N–H and O–H groups in total. The number of aryl methyl sites for hydroxylation is 1. The molecule has 0 fully saturated rings. The van der Waals surface area contributed by atoms with E-state index in [2.05, 4.69) is 49.8 Å². The maximum Gasteiger partial charge on any atom is 0.225 e. The van der Waals surface area contributed by atoms with Crippen molar-refractivity contribution in [1.29, 1.82) is 0 Å². The van der Waals surface area contributed by atoms with Crippen LogP contribution in [0.4, 0.5) is 5.95 Å². The van der Waals surface area contributed by atoms with E-state index in [0.717, 1.165) is 31.3 Å². The van der Waals surface area contributed by atoms with Gasteiger partial charge in [0.05, 0.1) is 0 Å². The summed E-state index contributed by atoms with van der Waals surface area (Å²) in [6.07, 6.45) is 6.79. The van der Waals surface area contributed by atoms with Gasteiger partial charge in [-0.05, 0) is 19.8 Å². The Labute approximate surface area is 130 Å². The third kappa shape index (κ3) is 6.42. The van der Waals surface area contributed by atoms with Crippen molar-refractivity contribution >= 4 is 5.95 Å². The molecule has 0 amide bonds. The maximum absolute atomic E-state index is 4.73. The topological polar surface area (TPSA) is 41.1 Å². The number of rotatable bonds is 10. The van der Waals surface area contributed by atoms with Crippen LogP contribution in [0.1, 0.15) is 64.6 Å². The number of hydrogen-bond acceptors (Lipinski definition) is 4. The summed E-state index contributed by atoms with van der Waals surface area (Å²) in [5.41, 5.74) is 2.28. The highest BCUT2D eigenvalue weighted by molar-refractivity contribution is 5.32. The van der Waals surface area contributed by atoms with Gasteiger partial charge in [0, 0.05) is 43.1 Å². The van der Waals surface area contributed by atoms with E-state index in [1.165, 1.54) is 31.2 Å². The van der Waals surface area contributed by atoms with E-state index in [4.69, 9.17) is 4.98 Å². The fourth-order valence-electron chi connectivity index (χ4n) is 2.13. The van der Waals surface area contributed by atoms with Crippen LogP contribution < -0.4 is 10.2 Å². The number of anilines is 1. The lowest BCUT2D eigenvalue weighted by Crippen LogP contribution is -2.28. The molecule has 0 aromatic carbocycles. The van der Waals surface area contributed by atoms with Gasteiger partial charge in [0.15, 0.2) is 0 Å². The van der Waals surface area contributed by atoms with E-state index in [1.54, 1.807) is 0 Å². The Morgan fingerprint density at radius 1 is 1.14 bits per heavy atom. The largest absolute Gasteiger partial charge is 0.341 e. The first kappa shape index (κ1) is 17.9. The van der Waals surface area contributed by atoms with Gasteiger partial charge >= 0.3 is 0 Å². The number of hydrogen-bond donors (Lipinski definition) is 1. The van der Waals surface area contributed by atoms with Crippen LogP contribution in [0.15, 0.2) is 6.20 Å². The number of nitrogens with one attached hydrogen (secondary N) is 1. The average molecular weight is 292 g/mol. The van der Waals surface area contributed by atoms with E-state index in [1.807, 2.05) is 6.20 Å². The summed E-state index contributed by atoms with van der Waals surface area (Å²) >= 11 is 0. The van der Waals surface area contributed by atoms with Crippen LogP contribution >= 0.6 is 0 Å². The molecular weight excluding hydrogens is 260 g/mol. The molecule has 120 valence electrons. The molecule has 0 unspecified atom stereocenters. The van der Waals surface area contributed by atoms with Crippen molar-refractivity contribution in [3.63, 3.8) is 0 Å². The Balaban J connectivity index is 2.76. The maximum atomic E-state index is 4.73. The van der Waals surface area contributed by atoms with Crippen molar-refractivity contribution in [2.24, 2.45) is 0 Å². The quantitative estimate of drug-likeness (QED) is 0.714. The third-order valence-corrected chi connectivity index (χ3v) is 3.62. The summed E-state index contributed by atoms with van der Waals surface area (Å²) in [7, 11) is 0. The van der Waals surface area contributed by atoms with E-state index in [0.29, 0.717) is 6.04 Å². The molecule has 21 heavy (non-hydrogen) atoms. The molecule has 1 rings (SSSR count). The monoisotopic (exact) mass is 292 g/mol. The van der Waals surface area contributed by atoms with E-state index < -0.39 is 0 Å². The van der Waals surface area contributed by atoms with Gasteiger partial charge in [-0.25, -0.2) is 9.97 Å². The van der Waals surface area contributed by atoms with Crippen LogP contribution in [0.25, 0.3) is 0 Å². The molecule has 0 spiro atoms. The average Bonchev–Trinajstić information content (AvgIpc) is 2.46. The summed E-state index contributed by atoms with van der Waals surface area (Å²) in [5.74, 6) is 0.891. The van der Waals surface area contributed by atoms with E-state index in [9.17, 15) is 0 Å². The fourth-order valence-corrected chi connectivity index (χ4v) is 2.13. The Kier molecular flexibility index (Phi) is 8.28. The standard InChI is InChI=1S/C17H32N4/c1-6-8-10-21(11-9-7-2)17-19-13-16(15(5)20-17)12-18-14(3)4/h13-14,18H,6-12H2,1-5H3. The molecule has 0 saturated carbocycles. The van der Waals surface area contributed by atoms with Crippen LogP contribution in [-0.4, -0.2) is 29.1 Å². The number of aromatic nitrogens is 2. The van der Waals surface area contributed by atoms with Crippen molar-refractivity contribution in [3.05, 3.63) is 17.5 Å². The lowest BCUT2D eigenvalue weighted by Gasteiger charge is -2.23. The lowest BCUT2D eigenvalue weighted by molar-refractivity contribution is 0.584. The zero-order chi connectivity index (χ0) is 15.7. The predicted molar refractivity (Wildman–Crippen MR) is 90.8 cm³/mol. The summed E-state index contributed by atoms with van der Waals surface area (Å²) in [6.45, 7) is 13.8. The molecule has 4 heteroatoms. The van der Waals surface area contributed by atoms with Crippen LogP contribution in [0, 0.1) is 6.92 Å². The van der Waals surface area contributed by atoms with Gasteiger partial charge in [-0.1, -0.05) is 40.5 Å². The molecule has 0 saturated heterocycles. The van der Waals surface area contributed by atoms with E-state index in [-0.39, 0.29) is 0 Å². The molecule has 1 aromatic rings.